The summed E-state index contributed by atoms with van der Waals surface area (Å²) in [6.45, 7) is 1.84. The lowest BCUT2D eigenvalue weighted by Gasteiger charge is -2.03. The van der Waals surface area contributed by atoms with Gasteiger partial charge in [0.1, 0.15) is 18.1 Å². The zero-order valence-electron chi connectivity index (χ0n) is 12.3. The molecule has 0 saturated carbocycles. The van der Waals surface area contributed by atoms with Gasteiger partial charge in [0.05, 0.1) is 5.56 Å². The minimum Gasteiger partial charge on any atom is -0.455 e. The number of carbonyl (C=O) groups is 1. The number of esters is 1. The van der Waals surface area contributed by atoms with Gasteiger partial charge in [0.2, 0.25) is 5.89 Å². The Balaban J connectivity index is 1.71. The fourth-order valence-corrected chi connectivity index (χ4v) is 2.37. The van der Waals surface area contributed by atoms with Crippen molar-refractivity contribution in [3.63, 3.8) is 0 Å². The van der Waals surface area contributed by atoms with Gasteiger partial charge in [-0.05, 0) is 41.1 Å². The molecule has 0 N–H and O–H groups in total. The Kier molecular flexibility index (Phi) is 4.52. The van der Waals surface area contributed by atoms with Gasteiger partial charge in [0.25, 0.3) is 0 Å². The third kappa shape index (κ3) is 3.65. The van der Waals surface area contributed by atoms with Crippen molar-refractivity contribution in [2.75, 3.05) is 0 Å². The summed E-state index contributed by atoms with van der Waals surface area (Å²) in [6, 6.07) is 11.2. The predicted molar refractivity (Wildman–Crippen MR) is 87.7 cm³/mol. The number of nitrogens with zero attached hydrogens (tertiary/aromatic N) is 2. The molecule has 0 radical (unpaired) electrons. The van der Waals surface area contributed by atoms with E-state index >= 15 is 0 Å². The van der Waals surface area contributed by atoms with Crippen LogP contribution in [0.1, 0.15) is 21.8 Å². The number of pyridine rings is 1. The first-order chi connectivity index (χ1) is 11.1. The SMILES string of the molecule is Cc1oc(-c2ccccc2)nc1COC(=O)c1cncc(Br)c1. The topological polar surface area (TPSA) is 65.2 Å². The molecule has 1 aromatic carbocycles. The molecule has 0 bridgehead atoms. The quantitative estimate of drug-likeness (QED) is 0.643. The Hall–Kier alpha value is -2.47. The molecule has 0 spiro atoms. The molecule has 0 aliphatic heterocycles. The van der Waals surface area contributed by atoms with Crippen molar-refractivity contribution in [1.29, 1.82) is 0 Å². The van der Waals surface area contributed by atoms with Gasteiger partial charge in [-0.15, -0.1) is 0 Å². The van der Waals surface area contributed by atoms with Gasteiger partial charge in [-0.25, -0.2) is 9.78 Å². The zero-order valence-corrected chi connectivity index (χ0v) is 13.9. The second-order valence-electron chi connectivity index (χ2n) is 4.86. The molecule has 0 fully saturated rings. The molecule has 0 atom stereocenters. The highest BCUT2D eigenvalue weighted by molar-refractivity contribution is 9.10. The standard InChI is InChI=1S/C17H13BrN2O3/c1-11-15(20-16(23-11)12-5-3-2-4-6-12)10-22-17(21)13-7-14(18)9-19-8-13/h2-9H,10H2,1H3. The highest BCUT2D eigenvalue weighted by atomic mass is 79.9. The van der Waals surface area contributed by atoms with Crippen molar-refractivity contribution in [3.8, 4) is 11.5 Å². The number of hydrogen-bond acceptors (Lipinski definition) is 5. The van der Waals surface area contributed by atoms with Gasteiger partial charge in [-0.3, -0.25) is 4.98 Å². The monoisotopic (exact) mass is 372 g/mol. The number of benzene rings is 1. The van der Waals surface area contributed by atoms with Crippen molar-refractivity contribution in [2.24, 2.45) is 0 Å². The summed E-state index contributed by atoms with van der Waals surface area (Å²) in [7, 11) is 0. The molecule has 2 aromatic heterocycles. The fourth-order valence-electron chi connectivity index (χ4n) is 2.01. The van der Waals surface area contributed by atoms with Gasteiger partial charge in [0.15, 0.2) is 0 Å². The van der Waals surface area contributed by atoms with Gasteiger partial charge in [-0.1, -0.05) is 18.2 Å². The second-order valence-corrected chi connectivity index (χ2v) is 5.77. The zero-order chi connectivity index (χ0) is 16.2. The predicted octanol–water partition coefficient (Wildman–Crippen LogP) is 4.16. The van der Waals surface area contributed by atoms with Crippen LogP contribution in [0.2, 0.25) is 0 Å². The van der Waals surface area contributed by atoms with Gasteiger partial charge >= 0.3 is 5.97 Å². The number of hydrogen-bond donors (Lipinski definition) is 0. The van der Waals surface area contributed by atoms with E-state index in [9.17, 15) is 4.79 Å². The molecule has 6 heteroatoms. The summed E-state index contributed by atoms with van der Waals surface area (Å²) in [5.74, 6) is 0.685. The van der Waals surface area contributed by atoms with Crippen LogP contribution in [0.25, 0.3) is 11.5 Å². The van der Waals surface area contributed by atoms with Crippen molar-refractivity contribution in [1.82, 2.24) is 9.97 Å². The normalized spacial score (nSPS) is 10.5. The summed E-state index contributed by atoms with van der Waals surface area (Å²) in [4.78, 5) is 20.4. The summed E-state index contributed by atoms with van der Waals surface area (Å²) < 4.78 is 11.6. The van der Waals surface area contributed by atoms with Crippen molar-refractivity contribution >= 4 is 21.9 Å². The number of oxazole rings is 1. The Bertz CT molecular complexity index is 831. The van der Waals surface area contributed by atoms with E-state index in [-0.39, 0.29) is 6.61 Å². The number of carbonyl (C=O) groups excluding carboxylic acids is 1. The van der Waals surface area contributed by atoms with E-state index in [0.29, 0.717) is 22.9 Å². The van der Waals surface area contributed by atoms with Gasteiger partial charge < -0.3 is 9.15 Å². The second kappa shape index (κ2) is 6.75. The van der Waals surface area contributed by atoms with Crippen LogP contribution >= 0.6 is 15.9 Å². The lowest BCUT2D eigenvalue weighted by molar-refractivity contribution is 0.0466. The van der Waals surface area contributed by atoms with Gasteiger partial charge in [0, 0.05) is 22.4 Å². The van der Waals surface area contributed by atoms with Crippen LogP contribution in [0.3, 0.4) is 0 Å². The van der Waals surface area contributed by atoms with Gasteiger partial charge in [-0.2, -0.15) is 0 Å². The molecule has 0 amide bonds. The van der Waals surface area contributed by atoms with Crippen LogP contribution in [0, 0.1) is 6.92 Å². The molecular weight excluding hydrogens is 360 g/mol. The number of rotatable bonds is 4. The van der Waals surface area contributed by atoms with E-state index in [1.807, 2.05) is 30.3 Å². The Labute approximate surface area is 141 Å². The van der Waals surface area contributed by atoms with Crippen LogP contribution in [0.15, 0.2) is 57.7 Å². The maximum absolute atomic E-state index is 12.0. The molecule has 2 heterocycles. The lowest BCUT2D eigenvalue weighted by atomic mass is 10.2. The van der Waals surface area contributed by atoms with Crippen LogP contribution in [0.4, 0.5) is 0 Å². The molecule has 3 rings (SSSR count). The van der Waals surface area contributed by atoms with E-state index < -0.39 is 5.97 Å². The third-order valence-corrected chi connectivity index (χ3v) is 3.63. The first-order valence-corrected chi connectivity index (χ1v) is 7.72. The lowest BCUT2D eigenvalue weighted by Crippen LogP contribution is -2.06. The van der Waals surface area contributed by atoms with Crippen LogP contribution in [-0.2, 0) is 11.3 Å². The van der Waals surface area contributed by atoms with Crippen LogP contribution in [-0.4, -0.2) is 15.9 Å². The van der Waals surface area contributed by atoms with Crippen LogP contribution in [0.5, 0.6) is 0 Å². The number of halogens is 1. The average molecular weight is 373 g/mol. The van der Waals surface area contributed by atoms with E-state index in [0.717, 1.165) is 10.0 Å². The fraction of sp³-hybridized carbons (Fsp3) is 0.118. The molecule has 5 nitrogen and oxygen atoms in total. The minimum atomic E-state index is -0.456. The molecule has 0 unspecified atom stereocenters. The van der Waals surface area contributed by atoms with E-state index in [1.54, 1.807) is 19.2 Å². The summed E-state index contributed by atoms with van der Waals surface area (Å²) >= 11 is 3.27. The first kappa shape index (κ1) is 15.4. The number of aryl methyl sites for hydroxylation is 1. The summed E-state index contributed by atoms with van der Waals surface area (Å²) in [5.41, 5.74) is 1.85. The molecule has 0 aliphatic carbocycles. The molecule has 0 aliphatic rings. The number of ether oxygens (including phenoxy) is 1. The molecular formula is C17H13BrN2O3. The maximum atomic E-state index is 12.0. The highest BCUT2D eigenvalue weighted by Crippen LogP contribution is 2.22. The Morgan fingerprint density at radius 3 is 2.78 bits per heavy atom. The smallest absolute Gasteiger partial charge is 0.340 e. The van der Waals surface area contributed by atoms with Crippen LogP contribution < -0.4 is 0 Å². The third-order valence-electron chi connectivity index (χ3n) is 3.19. The molecule has 23 heavy (non-hydrogen) atoms. The maximum Gasteiger partial charge on any atom is 0.340 e. The van der Waals surface area contributed by atoms with Crippen molar-refractivity contribution in [2.45, 2.75) is 13.5 Å². The summed E-state index contributed by atoms with van der Waals surface area (Å²) in [5, 5.41) is 0. The molecule has 116 valence electrons. The van der Waals surface area contributed by atoms with E-state index in [1.165, 1.54) is 6.20 Å². The van der Waals surface area contributed by atoms with E-state index in [4.69, 9.17) is 9.15 Å². The number of aromatic nitrogens is 2. The minimum absolute atomic E-state index is 0.0491. The summed E-state index contributed by atoms with van der Waals surface area (Å²) in [6.07, 6.45) is 3.06. The Morgan fingerprint density at radius 1 is 1.26 bits per heavy atom. The Morgan fingerprint density at radius 2 is 2.04 bits per heavy atom. The highest BCUT2D eigenvalue weighted by Gasteiger charge is 2.14. The van der Waals surface area contributed by atoms with Crippen molar-refractivity contribution < 1.29 is 13.9 Å². The molecule has 0 saturated heterocycles. The average Bonchev–Trinajstić information content (AvgIpc) is 2.94. The largest absolute Gasteiger partial charge is 0.455 e. The first-order valence-electron chi connectivity index (χ1n) is 6.93. The molecule has 3 aromatic rings. The van der Waals surface area contributed by atoms with E-state index in [2.05, 4.69) is 25.9 Å². The van der Waals surface area contributed by atoms with Crippen molar-refractivity contribution in [3.05, 3.63) is 70.3 Å².